The molecule has 150 valence electrons. The number of carbonyl (C=O) groups excluding carboxylic acids is 2. The van der Waals surface area contributed by atoms with Crippen LogP contribution in [0.25, 0.3) is 0 Å². The predicted molar refractivity (Wildman–Crippen MR) is 101 cm³/mol. The maximum absolute atomic E-state index is 12.6. The van der Waals surface area contributed by atoms with E-state index >= 15 is 0 Å². The van der Waals surface area contributed by atoms with Gasteiger partial charge in [0.2, 0.25) is 21.8 Å². The summed E-state index contributed by atoms with van der Waals surface area (Å²) in [6.07, 6.45) is 0.0769. The number of nitrogens with one attached hydrogen (secondary N) is 1. The van der Waals surface area contributed by atoms with Crippen LogP contribution < -0.4 is 9.46 Å². The molecule has 0 atom stereocenters. The zero-order chi connectivity index (χ0) is 20.2. The first-order valence-corrected chi connectivity index (χ1v) is 10.3. The van der Waals surface area contributed by atoms with E-state index in [0.29, 0.717) is 43.1 Å². The van der Waals surface area contributed by atoms with Crippen LogP contribution in [0, 0.1) is 13.8 Å². The number of carbonyl (C=O) groups is 2. The fourth-order valence-corrected chi connectivity index (χ4v) is 4.73. The summed E-state index contributed by atoms with van der Waals surface area (Å²) in [4.78, 5) is 27.2. The Hall–Kier alpha value is -2.13. The molecule has 1 aromatic rings. The highest BCUT2D eigenvalue weighted by Crippen LogP contribution is 2.25. The molecule has 9 heteroatoms. The normalized spacial score (nSPS) is 15.0. The van der Waals surface area contributed by atoms with Gasteiger partial charge in [-0.25, -0.2) is 13.1 Å². The standard InChI is InChI=1S/C18H27N3O5S/c1-13-11-16(26-4)12-14(2)18(13)27(24,25)19-6-5-17(23)21-9-7-20(8-10-21)15(3)22/h11-12,19H,5-10H2,1-4H3. The third-order valence-electron chi connectivity index (χ3n) is 4.65. The van der Waals surface area contributed by atoms with Crippen molar-refractivity contribution in [2.45, 2.75) is 32.1 Å². The zero-order valence-electron chi connectivity index (χ0n) is 16.2. The smallest absolute Gasteiger partial charge is 0.241 e. The van der Waals surface area contributed by atoms with Gasteiger partial charge in [-0.3, -0.25) is 9.59 Å². The van der Waals surface area contributed by atoms with E-state index in [0.717, 1.165) is 0 Å². The van der Waals surface area contributed by atoms with Crippen molar-refractivity contribution in [3.8, 4) is 5.75 Å². The van der Waals surface area contributed by atoms with E-state index in [9.17, 15) is 18.0 Å². The van der Waals surface area contributed by atoms with Crippen molar-refractivity contribution in [3.63, 3.8) is 0 Å². The maximum atomic E-state index is 12.6. The number of benzene rings is 1. The molecule has 0 aliphatic carbocycles. The molecule has 8 nitrogen and oxygen atoms in total. The number of rotatable bonds is 6. The molecule has 1 aromatic carbocycles. The molecule has 27 heavy (non-hydrogen) atoms. The topological polar surface area (TPSA) is 96.0 Å². The first kappa shape index (κ1) is 21.2. The second-order valence-corrected chi connectivity index (χ2v) is 8.33. The molecule has 2 rings (SSSR count). The Bertz CT molecular complexity index is 791. The largest absolute Gasteiger partial charge is 0.497 e. The Morgan fingerprint density at radius 2 is 1.59 bits per heavy atom. The summed E-state index contributed by atoms with van der Waals surface area (Å²) >= 11 is 0. The van der Waals surface area contributed by atoms with Crippen molar-refractivity contribution in [1.82, 2.24) is 14.5 Å². The van der Waals surface area contributed by atoms with Crippen LogP contribution in [0.5, 0.6) is 5.75 Å². The first-order chi connectivity index (χ1) is 12.7. The maximum Gasteiger partial charge on any atom is 0.241 e. The second-order valence-electron chi connectivity index (χ2n) is 6.62. The Morgan fingerprint density at radius 3 is 2.07 bits per heavy atom. The minimum absolute atomic E-state index is 0.0000836. The molecule has 0 aromatic heterocycles. The lowest BCUT2D eigenvalue weighted by Gasteiger charge is -2.34. The molecule has 0 unspecified atom stereocenters. The van der Waals surface area contributed by atoms with Crippen LogP contribution in [-0.2, 0) is 19.6 Å². The number of amides is 2. The van der Waals surface area contributed by atoms with Gasteiger partial charge in [0.1, 0.15) is 5.75 Å². The third kappa shape index (κ3) is 5.20. The second kappa shape index (κ2) is 8.71. The van der Waals surface area contributed by atoms with E-state index in [4.69, 9.17) is 4.74 Å². The molecule has 0 spiro atoms. The zero-order valence-corrected chi connectivity index (χ0v) is 17.1. The van der Waals surface area contributed by atoms with Crippen LogP contribution in [0.15, 0.2) is 17.0 Å². The molecule has 0 radical (unpaired) electrons. The van der Waals surface area contributed by atoms with Crippen LogP contribution in [0.4, 0.5) is 0 Å². The third-order valence-corrected chi connectivity index (χ3v) is 6.41. The van der Waals surface area contributed by atoms with Gasteiger partial charge < -0.3 is 14.5 Å². The molecule has 0 saturated carbocycles. The van der Waals surface area contributed by atoms with Crippen LogP contribution in [-0.4, -0.2) is 69.9 Å². The average molecular weight is 397 g/mol. The number of ether oxygens (including phenoxy) is 1. The molecule has 1 aliphatic rings. The Kier molecular flexibility index (Phi) is 6.83. The van der Waals surface area contributed by atoms with Gasteiger partial charge >= 0.3 is 0 Å². The van der Waals surface area contributed by atoms with Crippen molar-refractivity contribution < 1.29 is 22.7 Å². The highest BCUT2D eigenvalue weighted by molar-refractivity contribution is 7.89. The van der Waals surface area contributed by atoms with Gasteiger partial charge in [-0.05, 0) is 37.1 Å². The molecule has 1 fully saturated rings. The summed E-state index contributed by atoms with van der Waals surface area (Å²) in [5.74, 6) is 0.480. The Labute approximate surface area is 160 Å². The van der Waals surface area contributed by atoms with Gasteiger partial charge in [-0.15, -0.1) is 0 Å². The van der Waals surface area contributed by atoms with Gasteiger partial charge in [-0.2, -0.15) is 0 Å². The van der Waals surface area contributed by atoms with Gasteiger partial charge in [0, 0.05) is 46.1 Å². The van der Waals surface area contributed by atoms with Crippen molar-refractivity contribution in [2.75, 3.05) is 39.8 Å². The van der Waals surface area contributed by atoms with Crippen LogP contribution >= 0.6 is 0 Å². The SMILES string of the molecule is COc1cc(C)c(S(=O)(=O)NCCC(=O)N2CCN(C(C)=O)CC2)c(C)c1. The lowest BCUT2D eigenvalue weighted by molar-refractivity contribution is -0.138. The van der Waals surface area contributed by atoms with E-state index in [1.807, 2.05) is 0 Å². The van der Waals surface area contributed by atoms with Gasteiger partial charge in [0.25, 0.3) is 0 Å². The summed E-state index contributed by atoms with van der Waals surface area (Å²) in [7, 11) is -2.19. The minimum Gasteiger partial charge on any atom is -0.497 e. The lowest BCUT2D eigenvalue weighted by atomic mass is 10.1. The molecule has 1 heterocycles. The summed E-state index contributed by atoms with van der Waals surface area (Å²) in [6, 6.07) is 3.34. The number of hydrogen-bond acceptors (Lipinski definition) is 5. The number of nitrogens with zero attached hydrogens (tertiary/aromatic N) is 2. The van der Waals surface area contributed by atoms with Crippen LogP contribution in [0.2, 0.25) is 0 Å². The minimum atomic E-state index is -3.72. The monoisotopic (exact) mass is 397 g/mol. The van der Waals surface area contributed by atoms with E-state index < -0.39 is 10.0 Å². The van der Waals surface area contributed by atoms with Crippen LogP contribution in [0.1, 0.15) is 24.5 Å². The van der Waals surface area contributed by atoms with E-state index in [2.05, 4.69) is 4.72 Å². The van der Waals surface area contributed by atoms with Gasteiger partial charge in [-0.1, -0.05) is 0 Å². The summed E-state index contributed by atoms with van der Waals surface area (Å²) in [5, 5.41) is 0. The number of hydrogen-bond donors (Lipinski definition) is 1. The molecule has 1 saturated heterocycles. The van der Waals surface area contributed by atoms with Crippen molar-refractivity contribution in [2.24, 2.45) is 0 Å². The fraction of sp³-hybridized carbons (Fsp3) is 0.556. The number of aryl methyl sites for hydroxylation is 2. The number of sulfonamides is 1. The quantitative estimate of drug-likeness (QED) is 0.761. The van der Waals surface area contributed by atoms with Crippen molar-refractivity contribution in [3.05, 3.63) is 23.3 Å². The molecule has 1 aliphatic heterocycles. The molecular weight excluding hydrogens is 370 g/mol. The van der Waals surface area contributed by atoms with Crippen molar-refractivity contribution >= 4 is 21.8 Å². The number of methoxy groups -OCH3 is 1. The highest BCUT2D eigenvalue weighted by atomic mass is 32.2. The molecule has 2 amide bonds. The molecular formula is C18H27N3O5S. The molecule has 1 N–H and O–H groups in total. The summed E-state index contributed by atoms with van der Waals surface area (Å²) < 4.78 is 32.9. The summed E-state index contributed by atoms with van der Waals surface area (Å²) in [6.45, 7) is 6.93. The van der Waals surface area contributed by atoms with E-state index in [-0.39, 0.29) is 29.7 Å². The Morgan fingerprint density at radius 1 is 1.07 bits per heavy atom. The first-order valence-electron chi connectivity index (χ1n) is 8.84. The fourth-order valence-electron chi connectivity index (χ4n) is 3.25. The lowest BCUT2D eigenvalue weighted by Crippen LogP contribution is -2.50. The number of piperazine rings is 1. The predicted octanol–water partition coefficient (Wildman–Crippen LogP) is 0.671. The van der Waals surface area contributed by atoms with Gasteiger partial charge in [0.15, 0.2) is 0 Å². The van der Waals surface area contributed by atoms with E-state index in [1.165, 1.54) is 14.0 Å². The van der Waals surface area contributed by atoms with E-state index in [1.54, 1.807) is 35.8 Å². The molecule has 0 bridgehead atoms. The Balaban J connectivity index is 1.93. The van der Waals surface area contributed by atoms with Gasteiger partial charge in [0.05, 0.1) is 12.0 Å². The summed E-state index contributed by atoms with van der Waals surface area (Å²) in [5.41, 5.74) is 1.18. The highest BCUT2D eigenvalue weighted by Gasteiger charge is 2.24. The van der Waals surface area contributed by atoms with Crippen molar-refractivity contribution in [1.29, 1.82) is 0 Å². The van der Waals surface area contributed by atoms with Crippen LogP contribution in [0.3, 0.4) is 0 Å². The average Bonchev–Trinajstić information content (AvgIpc) is 2.60.